The number of nitrogens with one attached hydrogen (secondary N) is 1. The van der Waals surface area contributed by atoms with E-state index in [9.17, 15) is 13.2 Å². The van der Waals surface area contributed by atoms with Crippen LogP contribution in [0.3, 0.4) is 0 Å². The molecule has 0 saturated carbocycles. The second-order valence-corrected chi connectivity index (χ2v) is 10.1. The average molecular weight is 494 g/mol. The summed E-state index contributed by atoms with van der Waals surface area (Å²) in [5.41, 5.74) is 4.50. The number of rotatable bonds is 9. The van der Waals surface area contributed by atoms with E-state index in [1.54, 1.807) is 24.5 Å². The van der Waals surface area contributed by atoms with E-state index < -0.39 is 10.1 Å². The maximum absolute atomic E-state index is 12.6. The molecule has 0 aliphatic heterocycles. The Morgan fingerprint density at radius 2 is 1.80 bits per heavy atom. The van der Waals surface area contributed by atoms with Gasteiger partial charge in [0.25, 0.3) is 10.1 Å². The summed E-state index contributed by atoms with van der Waals surface area (Å²) in [5.74, 6) is 0. The van der Waals surface area contributed by atoms with Gasteiger partial charge in [0, 0.05) is 47.9 Å². The Balaban J connectivity index is 1.51. The molecule has 0 aliphatic carbocycles. The van der Waals surface area contributed by atoms with Gasteiger partial charge in [-0.3, -0.25) is 4.18 Å². The molecule has 4 aromatic rings. The third-order valence-corrected chi connectivity index (χ3v) is 7.47. The molecule has 0 saturated heterocycles. The maximum atomic E-state index is 12.6. The Morgan fingerprint density at radius 3 is 2.51 bits per heavy atom. The van der Waals surface area contributed by atoms with E-state index in [2.05, 4.69) is 21.0 Å². The van der Waals surface area contributed by atoms with Crippen molar-refractivity contribution in [1.29, 1.82) is 0 Å². The van der Waals surface area contributed by atoms with E-state index in [-0.39, 0.29) is 10.5 Å². The Labute approximate surface area is 205 Å². The maximum Gasteiger partial charge on any atom is 0.344 e. The predicted octanol–water partition coefficient (Wildman–Crippen LogP) is 4.38. The zero-order valence-corrected chi connectivity index (χ0v) is 20.9. The molecule has 0 radical (unpaired) electrons. The minimum Gasteiger partial charge on any atom is -0.422 e. The van der Waals surface area contributed by atoms with Gasteiger partial charge in [-0.2, -0.15) is 8.42 Å². The van der Waals surface area contributed by atoms with Crippen LogP contribution in [-0.4, -0.2) is 28.6 Å². The lowest BCUT2D eigenvalue weighted by Gasteiger charge is -2.23. The van der Waals surface area contributed by atoms with Gasteiger partial charge in [0.15, 0.2) is 12.4 Å². The number of aryl methyl sites for hydroxylation is 2. The molecule has 4 rings (SSSR count). The average Bonchev–Trinajstić information content (AvgIpc) is 2.87. The number of anilines is 1. The molecule has 0 amide bonds. The van der Waals surface area contributed by atoms with Gasteiger partial charge < -0.3 is 9.32 Å². The minimum atomic E-state index is -3.72. The molecule has 0 unspecified atom stereocenters. The van der Waals surface area contributed by atoms with Crippen LogP contribution >= 0.6 is 0 Å². The van der Waals surface area contributed by atoms with Crippen LogP contribution in [0.25, 0.3) is 22.1 Å². The van der Waals surface area contributed by atoms with E-state index in [0.29, 0.717) is 11.1 Å². The highest BCUT2D eigenvalue weighted by atomic mass is 32.2. The summed E-state index contributed by atoms with van der Waals surface area (Å²) in [6.45, 7) is 5.60. The molecule has 0 bridgehead atoms. The van der Waals surface area contributed by atoms with Crippen LogP contribution in [0.2, 0.25) is 0 Å². The molecule has 182 valence electrons. The highest BCUT2D eigenvalue weighted by molar-refractivity contribution is 7.86. The number of benzene rings is 2. The van der Waals surface area contributed by atoms with Crippen LogP contribution in [0, 0.1) is 6.92 Å². The number of hydrogen-bond acceptors (Lipinski definition) is 6. The van der Waals surface area contributed by atoms with Crippen LogP contribution < -0.4 is 15.5 Å². The van der Waals surface area contributed by atoms with Gasteiger partial charge in [0.2, 0.25) is 0 Å². The van der Waals surface area contributed by atoms with Gasteiger partial charge in [-0.25, -0.2) is 9.78 Å². The Kier molecular flexibility index (Phi) is 7.33. The molecule has 0 aliphatic rings. The smallest absolute Gasteiger partial charge is 0.344 e. The molecule has 35 heavy (non-hydrogen) atoms. The van der Waals surface area contributed by atoms with Gasteiger partial charge in [-0.15, -0.1) is 0 Å². The first kappa shape index (κ1) is 24.6. The van der Waals surface area contributed by atoms with E-state index in [1.165, 1.54) is 7.11 Å². The largest absolute Gasteiger partial charge is 0.422 e. The lowest BCUT2D eigenvalue weighted by atomic mass is 10.0. The fourth-order valence-electron chi connectivity index (χ4n) is 4.16. The zero-order valence-electron chi connectivity index (χ0n) is 20.1. The fourth-order valence-corrected chi connectivity index (χ4v) is 4.88. The molecule has 8 heteroatoms. The van der Waals surface area contributed by atoms with E-state index in [0.717, 1.165) is 53.7 Å². The van der Waals surface area contributed by atoms with Crippen LogP contribution in [0.4, 0.5) is 5.69 Å². The Bertz CT molecular complexity index is 1500. The number of nitrogens with zero attached hydrogens (tertiary/aromatic N) is 1. The molecule has 0 spiro atoms. The minimum absolute atomic E-state index is 0.172. The first-order valence-electron chi connectivity index (χ1n) is 11.5. The van der Waals surface area contributed by atoms with Crippen molar-refractivity contribution in [2.24, 2.45) is 0 Å². The molecule has 0 fully saturated rings. The Hall–Kier alpha value is -3.49. The zero-order chi connectivity index (χ0) is 25.0. The highest BCUT2D eigenvalue weighted by Gasteiger charge is 2.15. The van der Waals surface area contributed by atoms with Gasteiger partial charge in [-0.05, 0) is 68.1 Å². The summed E-state index contributed by atoms with van der Waals surface area (Å²) in [4.78, 5) is 18.0. The number of aromatic nitrogens is 1. The van der Waals surface area contributed by atoms with Crippen molar-refractivity contribution in [3.8, 4) is 11.1 Å². The van der Waals surface area contributed by atoms with Crippen molar-refractivity contribution >= 4 is 26.8 Å². The SMILES string of the molecule is CCN(CCCc1cc(S(=O)(=O)OC)ccc1C)c1ccc2cc(-c3cc[nH+]cc3)c(=O)oc2c1. The summed E-state index contributed by atoms with van der Waals surface area (Å²) in [6, 6.07) is 16.5. The molecule has 2 aromatic heterocycles. The quantitative estimate of drug-likeness (QED) is 0.254. The third-order valence-electron chi connectivity index (χ3n) is 6.20. The van der Waals surface area contributed by atoms with Crippen molar-refractivity contribution in [1.82, 2.24) is 0 Å². The number of H-pyrrole nitrogens is 1. The first-order chi connectivity index (χ1) is 16.8. The van der Waals surface area contributed by atoms with Crippen LogP contribution in [0.1, 0.15) is 24.5 Å². The van der Waals surface area contributed by atoms with Gasteiger partial charge in [0.1, 0.15) is 5.58 Å². The fraction of sp³-hybridized carbons (Fsp3) is 0.259. The van der Waals surface area contributed by atoms with Crippen LogP contribution in [-0.2, 0) is 20.7 Å². The number of hydrogen-bond donors (Lipinski definition) is 0. The third kappa shape index (κ3) is 5.44. The molecule has 2 heterocycles. The number of aromatic amines is 1. The molecule has 1 N–H and O–H groups in total. The molecule has 2 aromatic carbocycles. The van der Waals surface area contributed by atoms with Crippen molar-refractivity contribution in [2.45, 2.75) is 31.6 Å². The number of fused-ring (bicyclic) bond motifs is 1. The first-order valence-corrected chi connectivity index (χ1v) is 12.9. The molecule has 7 nitrogen and oxygen atoms in total. The van der Waals surface area contributed by atoms with Crippen LogP contribution in [0.5, 0.6) is 0 Å². The predicted molar refractivity (Wildman–Crippen MR) is 136 cm³/mol. The summed E-state index contributed by atoms with van der Waals surface area (Å²) in [5, 5.41) is 0.860. The highest BCUT2D eigenvalue weighted by Crippen LogP contribution is 2.25. The van der Waals surface area contributed by atoms with E-state index in [1.807, 2.05) is 49.4 Å². The van der Waals surface area contributed by atoms with Gasteiger partial charge in [-0.1, -0.05) is 6.07 Å². The van der Waals surface area contributed by atoms with E-state index in [4.69, 9.17) is 4.42 Å². The van der Waals surface area contributed by atoms with Crippen LogP contribution in [0.15, 0.2) is 81.1 Å². The normalized spacial score (nSPS) is 11.6. The Morgan fingerprint density at radius 1 is 1.03 bits per heavy atom. The summed E-state index contributed by atoms with van der Waals surface area (Å²) in [6.07, 6.45) is 5.11. The standard InChI is InChI=1S/C27H28N2O5S/c1-4-29(15-5-6-21-16-24(10-7-19(21)2)35(31,32)33-3)23-9-8-22-17-25(20-11-13-28-14-12-20)27(30)34-26(22)18-23/h7-14,16-18H,4-6,15H2,1-3H3/p+1. The molecular formula is C27H29N2O5S+. The van der Waals surface area contributed by atoms with Crippen molar-refractivity contribution in [2.75, 3.05) is 25.1 Å². The summed E-state index contributed by atoms with van der Waals surface area (Å²) >= 11 is 0. The second kappa shape index (κ2) is 10.4. The van der Waals surface area contributed by atoms with E-state index >= 15 is 0 Å². The van der Waals surface area contributed by atoms with Crippen molar-refractivity contribution in [3.63, 3.8) is 0 Å². The monoisotopic (exact) mass is 493 g/mol. The molecular weight excluding hydrogens is 464 g/mol. The van der Waals surface area contributed by atoms with Gasteiger partial charge in [0.05, 0.1) is 17.6 Å². The number of pyridine rings is 1. The lowest BCUT2D eigenvalue weighted by Crippen LogP contribution is -2.24. The van der Waals surface area contributed by atoms with Gasteiger partial charge >= 0.3 is 5.63 Å². The molecule has 0 atom stereocenters. The summed E-state index contributed by atoms with van der Waals surface area (Å²) < 4.78 is 34.4. The lowest BCUT2D eigenvalue weighted by molar-refractivity contribution is -0.377. The second-order valence-electron chi connectivity index (χ2n) is 8.35. The van der Waals surface area contributed by atoms with Crippen molar-refractivity contribution in [3.05, 3.63) is 88.5 Å². The summed E-state index contributed by atoms with van der Waals surface area (Å²) in [7, 11) is -2.55. The topological polar surface area (TPSA) is 91.0 Å². The van der Waals surface area contributed by atoms with Crippen molar-refractivity contribution < 1.29 is 22.0 Å².